The van der Waals surface area contributed by atoms with E-state index >= 15 is 0 Å². The average molecular weight is 449 g/mol. The smallest absolute Gasteiger partial charge is 0.434 e. The summed E-state index contributed by atoms with van der Waals surface area (Å²) in [6.45, 7) is 7.68. The molecule has 0 radical (unpaired) electrons. The number of ether oxygens (including phenoxy) is 2. The van der Waals surface area contributed by atoms with E-state index in [0.29, 0.717) is 13.2 Å². The Labute approximate surface area is 199 Å². The van der Waals surface area contributed by atoms with Crippen LogP contribution >= 0.6 is 0 Å². The lowest BCUT2D eigenvalue weighted by Gasteiger charge is -2.07. The highest BCUT2D eigenvalue weighted by Gasteiger charge is 2.03. The Balaban J connectivity index is 3.27. The highest BCUT2D eigenvalue weighted by molar-refractivity contribution is 5.59. The van der Waals surface area contributed by atoms with Gasteiger partial charge in [0.1, 0.15) is 0 Å². The fourth-order valence-corrected chi connectivity index (χ4v) is 3.44. The molecule has 0 aliphatic carbocycles. The number of carbonyl (C=O) groups excluding carboxylic acids is 1. The van der Waals surface area contributed by atoms with Gasteiger partial charge in [-0.2, -0.15) is 0 Å². The third kappa shape index (κ3) is 26.5. The van der Waals surface area contributed by atoms with E-state index in [2.05, 4.69) is 57.2 Å². The van der Waals surface area contributed by atoms with E-state index < -0.39 is 6.16 Å². The number of hydrogen-bond acceptors (Lipinski definition) is 3. The van der Waals surface area contributed by atoms with E-state index in [1.807, 2.05) is 0 Å². The van der Waals surface area contributed by atoms with E-state index in [1.54, 1.807) is 0 Å². The highest BCUT2D eigenvalue weighted by Crippen LogP contribution is 2.11. The van der Waals surface area contributed by atoms with Gasteiger partial charge in [0.25, 0.3) is 0 Å². The molecule has 0 spiro atoms. The van der Waals surface area contributed by atoms with Crippen molar-refractivity contribution in [3.05, 3.63) is 36.5 Å². The molecule has 0 saturated carbocycles. The third-order valence-corrected chi connectivity index (χ3v) is 5.41. The minimum atomic E-state index is -0.496. The number of unbranched alkanes of at least 4 members (excludes halogenated alkanes) is 10. The van der Waals surface area contributed by atoms with Gasteiger partial charge in [-0.1, -0.05) is 115 Å². The molecule has 0 unspecified atom stereocenters. The van der Waals surface area contributed by atoms with Gasteiger partial charge < -0.3 is 9.47 Å². The molecule has 0 aliphatic rings. The zero-order chi connectivity index (χ0) is 23.5. The number of rotatable bonds is 22. The van der Waals surface area contributed by atoms with Gasteiger partial charge in [-0.15, -0.1) is 0 Å². The van der Waals surface area contributed by atoms with Crippen molar-refractivity contribution in [3.8, 4) is 0 Å². The molecule has 0 amide bonds. The average Bonchev–Trinajstić information content (AvgIpc) is 2.77. The first-order valence-electron chi connectivity index (χ1n) is 13.4. The molecule has 0 saturated heterocycles. The zero-order valence-electron chi connectivity index (χ0n) is 21.5. The van der Waals surface area contributed by atoms with Gasteiger partial charge >= 0.3 is 6.16 Å². The molecule has 0 bridgehead atoms. The summed E-state index contributed by atoms with van der Waals surface area (Å²) in [5.41, 5.74) is 0. The van der Waals surface area contributed by atoms with E-state index in [1.165, 1.54) is 57.8 Å². The Hall–Kier alpha value is -1.51. The summed E-state index contributed by atoms with van der Waals surface area (Å²) < 4.78 is 10.3. The standard InChI is InChI=1S/C29H52O3/c1-4-5-6-7-8-9-10-11-12-13-14-15-16-17-20-23-26-31-29(30)32-27-24-21-18-19-22-25-28(2)3/h5-6,8-9,11-12,28H,4,7,10,13-27H2,1-3H3/b6-5-,9-8-,12-11-. The summed E-state index contributed by atoms with van der Waals surface area (Å²) >= 11 is 0. The predicted molar refractivity (Wildman–Crippen MR) is 139 cm³/mol. The predicted octanol–water partition coefficient (Wildman–Crippen LogP) is 9.73. The van der Waals surface area contributed by atoms with Gasteiger partial charge in [0, 0.05) is 0 Å². The van der Waals surface area contributed by atoms with Crippen LogP contribution in [-0.4, -0.2) is 19.4 Å². The van der Waals surface area contributed by atoms with Gasteiger partial charge in [-0.3, -0.25) is 0 Å². The second-order valence-electron chi connectivity index (χ2n) is 9.10. The lowest BCUT2D eigenvalue weighted by Crippen LogP contribution is -2.09. The SMILES string of the molecule is CC/C=C\C/C=C\C/C=C\CCCCCCCCOC(=O)OCCCCCCCC(C)C. The molecular formula is C29H52O3. The first kappa shape index (κ1) is 30.5. The largest absolute Gasteiger partial charge is 0.508 e. The van der Waals surface area contributed by atoms with Crippen LogP contribution in [-0.2, 0) is 9.47 Å². The maximum atomic E-state index is 11.6. The minimum absolute atomic E-state index is 0.485. The summed E-state index contributed by atoms with van der Waals surface area (Å²) in [5.74, 6) is 0.802. The van der Waals surface area contributed by atoms with Crippen LogP contribution in [0.15, 0.2) is 36.5 Å². The normalized spacial score (nSPS) is 12.0. The topological polar surface area (TPSA) is 35.5 Å². The summed E-state index contributed by atoms with van der Waals surface area (Å²) in [7, 11) is 0. The van der Waals surface area contributed by atoms with Crippen molar-refractivity contribution in [2.45, 2.75) is 124 Å². The van der Waals surface area contributed by atoms with Gasteiger partial charge in [0.2, 0.25) is 0 Å². The van der Waals surface area contributed by atoms with Crippen LogP contribution in [0.3, 0.4) is 0 Å². The van der Waals surface area contributed by atoms with E-state index in [4.69, 9.17) is 9.47 Å². The van der Waals surface area contributed by atoms with Crippen LogP contribution < -0.4 is 0 Å². The fourth-order valence-electron chi connectivity index (χ4n) is 3.44. The maximum absolute atomic E-state index is 11.6. The zero-order valence-corrected chi connectivity index (χ0v) is 21.5. The van der Waals surface area contributed by atoms with E-state index in [-0.39, 0.29) is 0 Å². The lowest BCUT2D eigenvalue weighted by atomic mass is 10.0. The Kier molecular flexibility index (Phi) is 24.5. The highest BCUT2D eigenvalue weighted by atomic mass is 16.7. The van der Waals surface area contributed by atoms with E-state index in [0.717, 1.165) is 50.9 Å². The van der Waals surface area contributed by atoms with Crippen LogP contribution in [0.4, 0.5) is 4.79 Å². The van der Waals surface area contributed by atoms with Crippen molar-refractivity contribution in [2.24, 2.45) is 5.92 Å². The molecule has 0 aromatic carbocycles. The van der Waals surface area contributed by atoms with Crippen molar-refractivity contribution in [3.63, 3.8) is 0 Å². The summed E-state index contributed by atoms with van der Waals surface area (Å²) in [6.07, 6.45) is 31.7. The van der Waals surface area contributed by atoms with Crippen molar-refractivity contribution < 1.29 is 14.3 Å². The summed E-state index contributed by atoms with van der Waals surface area (Å²) in [5, 5.41) is 0. The molecule has 0 aromatic heterocycles. The quantitative estimate of drug-likeness (QED) is 0.0939. The van der Waals surface area contributed by atoms with Crippen LogP contribution in [0.2, 0.25) is 0 Å². The Morgan fingerprint density at radius 2 is 1.09 bits per heavy atom. The van der Waals surface area contributed by atoms with Crippen LogP contribution in [0.1, 0.15) is 124 Å². The molecule has 3 nitrogen and oxygen atoms in total. The third-order valence-electron chi connectivity index (χ3n) is 5.41. The summed E-state index contributed by atoms with van der Waals surface area (Å²) in [6, 6.07) is 0. The molecule has 3 heteroatoms. The monoisotopic (exact) mass is 448 g/mol. The molecule has 32 heavy (non-hydrogen) atoms. The molecule has 0 aliphatic heterocycles. The Morgan fingerprint density at radius 3 is 1.66 bits per heavy atom. The summed E-state index contributed by atoms with van der Waals surface area (Å²) in [4.78, 5) is 11.6. The van der Waals surface area contributed by atoms with Gasteiger partial charge in [-0.25, -0.2) is 4.79 Å². The fraction of sp³-hybridized carbons (Fsp3) is 0.759. The number of hydrogen-bond donors (Lipinski definition) is 0. The first-order valence-corrected chi connectivity index (χ1v) is 13.4. The van der Waals surface area contributed by atoms with Crippen molar-refractivity contribution >= 4 is 6.16 Å². The Bertz CT molecular complexity index is 477. The van der Waals surface area contributed by atoms with Gasteiger partial charge in [-0.05, 0) is 50.9 Å². The molecule has 0 aromatic rings. The van der Waals surface area contributed by atoms with Gasteiger partial charge in [0.05, 0.1) is 13.2 Å². The molecule has 0 fully saturated rings. The number of allylic oxidation sites excluding steroid dienone is 6. The molecule has 0 rings (SSSR count). The second kappa shape index (κ2) is 25.7. The van der Waals surface area contributed by atoms with Crippen molar-refractivity contribution in [1.29, 1.82) is 0 Å². The van der Waals surface area contributed by atoms with Crippen LogP contribution in [0.25, 0.3) is 0 Å². The Morgan fingerprint density at radius 1 is 0.625 bits per heavy atom. The number of carbonyl (C=O) groups is 1. The minimum Gasteiger partial charge on any atom is -0.434 e. The second-order valence-corrected chi connectivity index (χ2v) is 9.10. The molecule has 0 heterocycles. The lowest BCUT2D eigenvalue weighted by molar-refractivity contribution is 0.0529. The van der Waals surface area contributed by atoms with Crippen LogP contribution in [0.5, 0.6) is 0 Å². The molecular weight excluding hydrogens is 396 g/mol. The molecule has 186 valence electrons. The maximum Gasteiger partial charge on any atom is 0.508 e. The van der Waals surface area contributed by atoms with E-state index in [9.17, 15) is 4.79 Å². The van der Waals surface area contributed by atoms with Crippen LogP contribution in [0, 0.1) is 5.92 Å². The van der Waals surface area contributed by atoms with Crippen molar-refractivity contribution in [2.75, 3.05) is 13.2 Å². The van der Waals surface area contributed by atoms with Gasteiger partial charge in [0.15, 0.2) is 0 Å². The molecule has 0 atom stereocenters. The first-order chi connectivity index (χ1) is 15.7. The van der Waals surface area contributed by atoms with Crippen molar-refractivity contribution in [1.82, 2.24) is 0 Å². The molecule has 0 N–H and O–H groups in total.